The van der Waals surface area contributed by atoms with Gasteiger partial charge in [-0.3, -0.25) is 25.0 Å². The number of anilines is 1. The van der Waals surface area contributed by atoms with Crippen molar-refractivity contribution in [3.05, 3.63) is 74.8 Å². The molecule has 0 aliphatic carbocycles. The summed E-state index contributed by atoms with van der Waals surface area (Å²) in [5.41, 5.74) is 0.918. The third-order valence-corrected chi connectivity index (χ3v) is 6.24. The fourth-order valence-corrected chi connectivity index (χ4v) is 3.78. The Hall–Kier alpha value is -5.27. The SMILES string of the molecule is COc1cc(N=Nc2ccc([N+](=O)[O-])cc2[N+](=O)[O-])c(OC)cc1N=Nc1ccc(N(C)CCCC(=O)C(C)C)cc1. The molecule has 0 aliphatic heterocycles. The highest BCUT2D eigenvalue weighted by Crippen LogP contribution is 2.42. The number of Topliss-reactive ketones (excluding diaryl/α,β-unsaturated/α-hetero) is 1. The standard InChI is InChI=1S/C28H31N7O7/c1-18(2)26(36)7-6-14-33(3)20-10-8-19(9-11-20)29-31-23-16-28(42-5)24(17-27(23)41-4)32-30-22-13-12-21(34(37)38)15-25(22)35(39)40/h8-13,15-18H,6-7,14H2,1-5H3. The van der Waals surface area contributed by atoms with Gasteiger partial charge < -0.3 is 14.4 Å². The second-order valence-electron chi connectivity index (χ2n) is 9.45. The van der Waals surface area contributed by atoms with Gasteiger partial charge in [-0.15, -0.1) is 15.3 Å². The van der Waals surface area contributed by atoms with Gasteiger partial charge in [-0.25, -0.2) is 0 Å². The molecule has 220 valence electrons. The van der Waals surface area contributed by atoms with Crippen LogP contribution in [0.15, 0.2) is 75.1 Å². The lowest BCUT2D eigenvalue weighted by molar-refractivity contribution is -0.393. The van der Waals surface area contributed by atoms with Crippen molar-refractivity contribution in [2.45, 2.75) is 26.7 Å². The number of methoxy groups -OCH3 is 2. The Bertz CT molecular complexity index is 1510. The van der Waals surface area contributed by atoms with Gasteiger partial charge in [-0.2, -0.15) is 5.11 Å². The molecule has 14 heteroatoms. The normalized spacial score (nSPS) is 11.3. The lowest BCUT2D eigenvalue weighted by atomic mass is 10.0. The molecule has 0 saturated heterocycles. The van der Waals surface area contributed by atoms with Gasteiger partial charge in [0.05, 0.1) is 35.8 Å². The number of azo groups is 2. The van der Waals surface area contributed by atoms with E-state index >= 15 is 0 Å². The van der Waals surface area contributed by atoms with Crippen molar-refractivity contribution < 1.29 is 24.1 Å². The van der Waals surface area contributed by atoms with Crippen LogP contribution in [0.2, 0.25) is 0 Å². The Balaban J connectivity index is 1.78. The van der Waals surface area contributed by atoms with Gasteiger partial charge in [0.2, 0.25) is 0 Å². The predicted octanol–water partition coefficient (Wildman–Crippen LogP) is 7.79. The molecule has 0 aliphatic rings. The smallest absolute Gasteiger partial charge is 0.303 e. The van der Waals surface area contributed by atoms with Gasteiger partial charge in [-0.1, -0.05) is 13.8 Å². The molecule has 3 aromatic carbocycles. The van der Waals surface area contributed by atoms with Crippen LogP contribution < -0.4 is 14.4 Å². The number of nitro benzene ring substituents is 2. The first-order valence-corrected chi connectivity index (χ1v) is 12.9. The number of nitrogens with zero attached hydrogens (tertiary/aromatic N) is 7. The van der Waals surface area contributed by atoms with Crippen LogP contribution in [0.1, 0.15) is 26.7 Å². The Labute approximate surface area is 242 Å². The molecule has 0 unspecified atom stereocenters. The molecule has 14 nitrogen and oxygen atoms in total. The van der Waals surface area contributed by atoms with Crippen molar-refractivity contribution in [1.82, 2.24) is 0 Å². The van der Waals surface area contributed by atoms with Crippen molar-refractivity contribution in [2.75, 3.05) is 32.7 Å². The van der Waals surface area contributed by atoms with E-state index in [1.165, 1.54) is 26.4 Å². The molecule has 42 heavy (non-hydrogen) atoms. The number of hydrogen-bond donors (Lipinski definition) is 0. The largest absolute Gasteiger partial charge is 0.494 e. The number of nitro groups is 2. The highest BCUT2D eigenvalue weighted by atomic mass is 16.6. The molecular weight excluding hydrogens is 546 g/mol. The zero-order chi connectivity index (χ0) is 30.8. The number of benzene rings is 3. The van der Waals surface area contributed by atoms with Gasteiger partial charge in [-0.05, 0) is 36.8 Å². The van der Waals surface area contributed by atoms with E-state index in [1.54, 1.807) is 0 Å². The number of rotatable bonds is 14. The number of carbonyl (C=O) groups excluding carboxylic acids is 1. The van der Waals surface area contributed by atoms with Gasteiger partial charge in [0.15, 0.2) is 5.69 Å². The molecule has 0 heterocycles. The van der Waals surface area contributed by atoms with Crippen LogP contribution in [-0.4, -0.2) is 43.4 Å². The highest BCUT2D eigenvalue weighted by Gasteiger charge is 2.20. The van der Waals surface area contributed by atoms with Gasteiger partial charge >= 0.3 is 5.69 Å². The second-order valence-corrected chi connectivity index (χ2v) is 9.45. The third-order valence-electron chi connectivity index (χ3n) is 6.24. The minimum atomic E-state index is -0.774. The number of non-ortho nitro benzene ring substituents is 1. The first-order valence-electron chi connectivity index (χ1n) is 12.9. The van der Waals surface area contributed by atoms with E-state index in [-0.39, 0.29) is 28.8 Å². The van der Waals surface area contributed by atoms with Crippen LogP contribution in [-0.2, 0) is 4.79 Å². The van der Waals surface area contributed by atoms with Crippen LogP contribution in [0.4, 0.5) is 39.8 Å². The Morgan fingerprint density at radius 1 is 0.833 bits per heavy atom. The lowest BCUT2D eigenvalue weighted by Gasteiger charge is -2.19. The number of ether oxygens (including phenoxy) is 2. The molecule has 3 aromatic rings. The van der Waals surface area contributed by atoms with Crippen LogP contribution >= 0.6 is 0 Å². The number of ketones is 1. The fourth-order valence-electron chi connectivity index (χ4n) is 3.78. The average molecular weight is 578 g/mol. The van der Waals surface area contributed by atoms with E-state index in [0.717, 1.165) is 36.9 Å². The topological polar surface area (TPSA) is 174 Å². The molecule has 0 fully saturated rings. The summed E-state index contributed by atoms with van der Waals surface area (Å²) in [7, 11) is 4.80. The van der Waals surface area contributed by atoms with Crippen molar-refractivity contribution in [3.8, 4) is 11.5 Å². The predicted molar refractivity (Wildman–Crippen MR) is 156 cm³/mol. The Kier molecular flexibility index (Phi) is 10.7. The third kappa shape index (κ3) is 8.13. The summed E-state index contributed by atoms with van der Waals surface area (Å²) < 4.78 is 10.8. The molecular formula is C28H31N7O7. The maximum absolute atomic E-state index is 11.8. The van der Waals surface area contributed by atoms with Gasteiger partial charge in [0.1, 0.15) is 28.7 Å². The molecule has 0 radical (unpaired) electrons. The summed E-state index contributed by atoms with van der Waals surface area (Å²) in [5, 5.41) is 38.9. The summed E-state index contributed by atoms with van der Waals surface area (Å²) >= 11 is 0. The van der Waals surface area contributed by atoms with Crippen LogP contribution in [0.5, 0.6) is 11.5 Å². The van der Waals surface area contributed by atoms with E-state index in [4.69, 9.17) is 9.47 Å². The molecule has 0 atom stereocenters. The molecule has 0 aromatic heterocycles. The minimum Gasteiger partial charge on any atom is -0.494 e. The second kappa shape index (κ2) is 14.4. The zero-order valence-electron chi connectivity index (χ0n) is 23.9. The van der Waals surface area contributed by atoms with E-state index < -0.39 is 21.2 Å². The number of carbonyl (C=O) groups is 1. The minimum absolute atomic E-state index is 0.0468. The number of hydrogen-bond acceptors (Lipinski definition) is 12. The molecule has 3 rings (SSSR count). The maximum Gasteiger partial charge on any atom is 0.303 e. The maximum atomic E-state index is 11.8. The monoisotopic (exact) mass is 577 g/mol. The van der Waals surface area contributed by atoms with E-state index in [2.05, 4.69) is 25.4 Å². The Morgan fingerprint density at radius 3 is 1.93 bits per heavy atom. The van der Waals surface area contributed by atoms with E-state index in [9.17, 15) is 25.0 Å². The summed E-state index contributed by atoms with van der Waals surface area (Å²) in [5.74, 6) is 0.839. The van der Waals surface area contributed by atoms with Gasteiger partial charge in [0.25, 0.3) is 5.69 Å². The summed E-state index contributed by atoms with van der Waals surface area (Å²) in [6.07, 6.45) is 1.33. The Morgan fingerprint density at radius 2 is 1.40 bits per heavy atom. The van der Waals surface area contributed by atoms with Crippen molar-refractivity contribution in [3.63, 3.8) is 0 Å². The molecule has 0 N–H and O–H groups in total. The van der Waals surface area contributed by atoms with Crippen LogP contribution in [0.25, 0.3) is 0 Å². The first kappa shape index (κ1) is 31.3. The first-order chi connectivity index (χ1) is 20.0. The molecule has 0 amide bonds. The lowest BCUT2D eigenvalue weighted by Crippen LogP contribution is -2.19. The van der Waals surface area contributed by atoms with Gasteiger partial charge in [0, 0.05) is 49.8 Å². The zero-order valence-corrected chi connectivity index (χ0v) is 23.9. The fraction of sp³-hybridized carbons (Fsp3) is 0.321. The summed E-state index contributed by atoms with van der Waals surface area (Å²) in [4.78, 5) is 34.8. The highest BCUT2D eigenvalue weighted by molar-refractivity contribution is 5.80. The van der Waals surface area contributed by atoms with Crippen molar-refractivity contribution in [2.24, 2.45) is 26.4 Å². The van der Waals surface area contributed by atoms with Crippen LogP contribution in [0.3, 0.4) is 0 Å². The average Bonchev–Trinajstić information content (AvgIpc) is 2.98. The summed E-state index contributed by atoms with van der Waals surface area (Å²) in [6, 6.07) is 13.5. The molecule has 0 bridgehead atoms. The van der Waals surface area contributed by atoms with Crippen molar-refractivity contribution in [1.29, 1.82) is 0 Å². The molecule has 0 saturated carbocycles. The van der Waals surface area contributed by atoms with Crippen molar-refractivity contribution >= 4 is 45.6 Å². The molecule has 0 spiro atoms. The van der Waals surface area contributed by atoms with Crippen LogP contribution in [0, 0.1) is 26.1 Å². The van der Waals surface area contributed by atoms with E-state index in [0.29, 0.717) is 23.5 Å². The quantitative estimate of drug-likeness (QED) is 0.106. The van der Waals surface area contributed by atoms with E-state index in [1.807, 2.05) is 45.2 Å². The summed E-state index contributed by atoms with van der Waals surface area (Å²) in [6.45, 7) is 4.56.